The highest BCUT2D eigenvalue weighted by atomic mass is 15.2. The van der Waals surface area contributed by atoms with Gasteiger partial charge in [0.15, 0.2) is 5.82 Å². The van der Waals surface area contributed by atoms with Gasteiger partial charge in [0.2, 0.25) is 0 Å². The normalized spacial score (nSPS) is 11.9. The van der Waals surface area contributed by atoms with E-state index >= 15 is 0 Å². The minimum absolute atomic E-state index is 0.346. The molecule has 0 saturated carbocycles. The van der Waals surface area contributed by atoms with Crippen LogP contribution in [0, 0.1) is 5.41 Å². The van der Waals surface area contributed by atoms with Crippen LogP contribution in [0.25, 0.3) is 5.52 Å². The summed E-state index contributed by atoms with van der Waals surface area (Å²) in [7, 11) is 0. The van der Waals surface area contributed by atoms with E-state index in [1.165, 1.54) is 0 Å². The van der Waals surface area contributed by atoms with Gasteiger partial charge in [-0.15, -0.1) is 0 Å². The third kappa shape index (κ3) is 2.51. The molecule has 0 bridgehead atoms. The zero-order valence-electron chi connectivity index (χ0n) is 10.1. The monoisotopic (exact) mass is 218 g/mol. The smallest absolute Gasteiger partial charge is 0.152 e. The summed E-state index contributed by atoms with van der Waals surface area (Å²) in [6.45, 7) is 7.64. The van der Waals surface area contributed by atoms with Crippen LogP contribution in [-0.4, -0.2) is 21.1 Å². The van der Waals surface area contributed by atoms with Crippen molar-refractivity contribution in [3.63, 3.8) is 0 Å². The average Bonchev–Trinajstić information content (AvgIpc) is 2.64. The molecule has 0 aliphatic carbocycles. The summed E-state index contributed by atoms with van der Waals surface area (Å²) in [5.74, 6) is 0.907. The summed E-state index contributed by atoms with van der Waals surface area (Å²) in [6, 6.07) is 1.96. The van der Waals surface area contributed by atoms with Crippen LogP contribution in [0.1, 0.15) is 27.2 Å². The van der Waals surface area contributed by atoms with Crippen molar-refractivity contribution in [2.24, 2.45) is 5.41 Å². The van der Waals surface area contributed by atoms with Gasteiger partial charge in [-0.3, -0.25) is 0 Å². The molecule has 0 atom stereocenters. The minimum Gasteiger partial charge on any atom is -0.368 e. The van der Waals surface area contributed by atoms with Gasteiger partial charge in [0.1, 0.15) is 5.52 Å². The molecule has 2 aromatic heterocycles. The van der Waals surface area contributed by atoms with E-state index in [0.29, 0.717) is 5.41 Å². The summed E-state index contributed by atoms with van der Waals surface area (Å²) in [4.78, 5) is 4.33. The van der Waals surface area contributed by atoms with Crippen molar-refractivity contribution in [2.75, 3.05) is 11.9 Å². The Balaban J connectivity index is 2.07. The molecule has 0 aliphatic rings. The lowest BCUT2D eigenvalue weighted by molar-refractivity contribution is 0.389. The summed E-state index contributed by atoms with van der Waals surface area (Å²) in [5.41, 5.74) is 1.37. The fourth-order valence-electron chi connectivity index (χ4n) is 1.55. The number of rotatable bonds is 3. The quantitative estimate of drug-likeness (QED) is 0.861. The Labute approximate surface area is 95.7 Å². The number of fused-ring (bicyclic) bond motifs is 1. The van der Waals surface area contributed by atoms with Crippen molar-refractivity contribution >= 4 is 11.3 Å². The van der Waals surface area contributed by atoms with Crippen LogP contribution in [-0.2, 0) is 0 Å². The molecule has 86 valence electrons. The largest absolute Gasteiger partial charge is 0.368 e. The van der Waals surface area contributed by atoms with Crippen LogP contribution in [0.3, 0.4) is 0 Å². The highest BCUT2D eigenvalue weighted by Crippen LogP contribution is 2.19. The van der Waals surface area contributed by atoms with Crippen LogP contribution in [0.2, 0.25) is 0 Å². The van der Waals surface area contributed by atoms with Crippen LogP contribution >= 0.6 is 0 Å². The van der Waals surface area contributed by atoms with Gasteiger partial charge in [0.05, 0.1) is 6.20 Å². The van der Waals surface area contributed by atoms with E-state index in [2.05, 4.69) is 36.2 Å². The predicted molar refractivity (Wildman–Crippen MR) is 65.5 cm³/mol. The zero-order valence-corrected chi connectivity index (χ0v) is 10.1. The highest BCUT2D eigenvalue weighted by molar-refractivity contribution is 5.66. The summed E-state index contributed by atoms with van der Waals surface area (Å²) >= 11 is 0. The first-order chi connectivity index (χ1) is 7.56. The molecular formula is C12H18N4. The Kier molecular flexibility index (Phi) is 2.81. The maximum Gasteiger partial charge on any atom is 0.152 e. The van der Waals surface area contributed by atoms with E-state index in [-0.39, 0.29) is 0 Å². The lowest BCUT2D eigenvalue weighted by Crippen LogP contribution is -2.13. The van der Waals surface area contributed by atoms with Crippen LogP contribution in [0.4, 0.5) is 5.82 Å². The van der Waals surface area contributed by atoms with Gasteiger partial charge in [-0.25, -0.2) is 9.50 Å². The van der Waals surface area contributed by atoms with Crippen LogP contribution < -0.4 is 5.32 Å². The third-order valence-electron chi connectivity index (χ3n) is 2.49. The predicted octanol–water partition coefficient (Wildman–Crippen LogP) is 2.58. The molecule has 1 N–H and O–H groups in total. The Morgan fingerprint density at radius 2 is 2.12 bits per heavy atom. The average molecular weight is 218 g/mol. The van der Waals surface area contributed by atoms with E-state index in [0.717, 1.165) is 24.3 Å². The number of nitrogens with one attached hydrogen (secondary N) is 1. The number of nitrogens with zero attached hydrogens (tertiary/aromatic N) is 3. The highest BCUT2D eigenvalue weighted by Gasteiger charge is 2.10. The number of hydrogen-bond acceptors (Lipinski definition) is 3. The number of anilines is 1. The standard InChI is InChI=1S/C12H18N4/c1-12(2,3)5-7-13-11-10-4-6-15-16(10)9-8-14-11/h4,6,8-9H,5,7H2,1-3H3,(H,13,14). The van der Waals surface area contributed by atoms with Gasteiger partial charge < -0.3 is 5.32 Å². The Bertz CT molecular complexity index is 467. The molecule has 0 aromatic carbocycles. The first-order valence-electron chi connectivity index (χ1n) is 5.58. The molecule has 0 spiro atoms. The van der Waals surface area contributed by atoms with Gasteiger partial charge in [-0.05, 0) is 17.9 Å². The van der Waals surface area contributed by atoms with E-state index in [1.54, 1.807) is 12.4 Å². The maximum absolute atomic E-state index is 4.33. The second-order valence-corrected chi connectivity index (χ2v) is 5.17. The van der Waals surface area contributed by atoms with Gasteiger partial charge >= 0.3 is 0 Å². The van der Waals surface area contributed by atoms with Crippen LogP contribution in [0.15, 0.2) is 24.7 Å². The van der Waals surface area contributed by atoms with Crippen molar-refractivity contribution < 1.29 is 0 Å². The number of hydrogen-bond donors (Lipinski definition) is 1. The fourth-order valence-corrected chi connectivity index (χ4v) is 1.55. The third-order valence-corrected chi connectivity index (χ3v) is 2.49. The lowest BCUT2D eigenvalue weighted by Gasteiger charge is -2.18. The van der Waals surface area contributed by atoms with Crippen molar-refractivity contribution in [1.82, 2.24) is 14.6 Å². The van der Waals surface area contributed by atoms with Gasteiger partial charge in [0, 0.05) is 18.9 Å². The number of aromatic nitrogens is 3. The van der Waals surface area contributed by atoms with E-state index in [9.17, 15) is 0 Å². The zero-order chi connectivity index (χ0) is 11.6. The fraction of sp³-hybridized carbons (Fsp3) is 0.500. The lowest BCUT2D eigenvalue weighted by atomic mass is 9.92. The molecular weight excluding hydrogens is 200 g/mol. The second kappa shape index (κ2) is 4.12. The molecule has 0 amide bonds. The molecule has 0 radical (unpaired) electrons. The topological polar surface area (TPSA) is 42.2 Å². The SMILES string of the molecule is CC(C)(C)CCNc1nccn2nccc12. The molecule has 2 aromatic rings. The summed E-state index contributed by atoms with van der Waals surface area (Å²) in [6.07, 6.45) is 6.51. The first kappa shape index (κ1) is 10.9. The molecule has 0 unspecified atom stereocenters. The van der Waals surface area contributed by atoms with Crippen molar-refractivity contribution in [1.29, 1.82) is 0 Å². The van der Waals surface area contributed by atoms with Crippen molar-refractivity contribution in [3.05, 3.63) is 24.7 Å². The molecule has 2 rings (SSSR count). The summed E-state index contributed by atoms with van der Waals surface area (Å²) < 4.78 is 1.83. The second-order valence-electron chi connectivity index (χ2n) is 5.17. The first-order valence-corrected chi connectivity index (χ1v) is 5.58. The van der Waals surface area contributed by atoms with E-state index < -0.39 is 0 Å². The maximum atomic E-state index is 4.33. The molecule has 0 aliphatic heterocycles. The minimum atomic E-state index is 0.346. The Hall–Kier alpha value is -1.58. The van der Waals surface area contributed by atoms with Gasteiger partial charge in [0.25, 0.3) is 0 Å². The molecule has 4 nitrogen and oxygen atoms in total. The van der Waals surface area contributed by atoms with Crippen molar-refractivity contribution in [2.45, 2.75) is 27.2 Å². The summed E-state index contributed by atoms with van der Waals surface area (Å²) in [5, 5.41) is 7.53. The van der Waals surface area contributed by atoms with E-state index in [4.69, 9.17) is 0 Å². The Morgan fingerprint density at radius 1 is 1.31 bits per heavy atom. The van der Waals surface area contributed by atoms with Gasteiger partial charge in [-0.1, -0.05) is 20.8 Å². The molecule has 2 heterocycles. The Morgan fingerprint density at radius 3 is 2.88 bits per heavy atom. The molecule has 4 heteroatoms. The molecule has 0 saturated heterocycles. The molecule has 16 heavy (non-hydrogen) atoms. The van der Waals surface area contributed by atoms with E-state index in [1.807, 2.05) is 16.8 Å². The van der Waals surface area contributed by atoms with Crippen molar-refractivity contribution in [3.8, 4) is 0 Å². The van der Waals surface area contributed by atoms with Crippen LogP contribution in [0.5, 0.6) is 0 Å². The molecule has 0 fully saturated rings. The van der Waals surface area contributed by atoms with Gasteiger partial charge in [-0.2, -0.15) is 5.10 Å².